The molecule has 2 N–H and O–H groups in total. The van der Waals surface area contributed by atoms with Crippen molar-refractivity contribution in [1.82, 2.24) is 25.5 Å². The van der Waals surface area contributed by atoms with Crippen LogP contribution in [0.4, 0.5) is 13.2 Å². The minimum absolute atomic E-state index is 0.0704. The zero-order chi connectivity index (χ0) is 28.4. The van der Waals surface area contributed by atoms with E-state index in [2.05, 4.69) is 15.3 Å². The Bertz CT molecular complexity index is 1250. The molecule has 1 aliphatic heterocycles. The normalized spacial score (nSPS) is 19.6. The van der Waals surface area contributed by atoms with Crippen LogP contribution < -0.4 is 10.6 Å². The van der Waals surface area contributed by atoms with Gasteiger partial charge in [-0.15, -0.1) is 0 Å². The van der Waals surface area contributed by atoms with Crippen molar-refractivity contribution in [3.63, 3.8) is 0 Å². The Morgan fingerprint density at radius 1 is 1.16 bits per heavy atom. The van der Waals surface area contributed by atoms with E-state index in [9.17, 15) is 32.8 Å². The smallest absolute Gasteiger partial charge is 0.336 e. The van der Waals surface area contributed by atoms with Crippen LogP contribution in [0.3, 0.4) is 0 Å². The van der Waals surface area contributed by atoms with E-state index in [1.54, 1.807) is 18.3 Å². The van der Waals surface area contributed by atoms with Crippen molar-refractivity contribution in [2.45, 2.75) is 65.3 Å². The van der Waals surface area contributed by atoms with E-state index >= 15 is 0 Å². The van der Waals surface area contributed by atoms with E-state index in [1.165, 1.54) is 38.1 Å². The molecule has 1 fully saturated rings. The molecule has 0 bridgehead atoms. The van der Waals surface area contributed by atoms with E-state index in [0.717, 1.165) is 0 Å². The summed E-state index contributed by atoms with van der Waals surface area (Å²) in [5.41, 5.74) is -0.121. The van der Waals surface area contributed by atoms with Crippen molar-refractivity contribution in [2.24, 2.45) is 17.3 Å². The minimum atomic E-state index is -5.17. The first-order valence-corrected chi connectivity index (χ1v) is 12.2. The fraction of sp³-hybridized carbons (Fsp3) is 0.538. The molecule has 38 heavy (non-hydrogen) atoms. The number of aromatic nitrogens is 2. The molecule has 12 heteroatoms. The topological polar surface area (TPSA) is 128 Å². The number of carbonyl (C=O) groups excluding carboxylic acids is 3. The predicted molar refractivity (Wildman–Crippen MR) is 132 cm³/mol. The largest absolute Gasteiger partial charge is 0.471 e. The van der Waals surface area contributed by atoms with Crippen LogP contribution in [-0.2, 0) is 14.4 Å². The van der Waals surface area contributed by atoms with E-state index < -0.39 is 47.4 Å². The fourth-order valence-corrected chi connectivity index (χ4v) is 4.54. The van der Waals surface area contributed by atoms with Crippen molar-refractivity contribution >= 4 is 28.6 Å². The van der Waals surface area contributed by atoms with Gasteiger partial charge in [-0.25, -0.2) is 0 Å². The summed E-state index contributed by atoms with van der Waals surface area (Å²) in [6.07, 6.45) is -0.359. The fourth-order valence-electron chi connectivity index (χ4n) is 4.54. The van der Waals surface area contributed by atoms with Crippen molar-refractivity contribution in [2.75, 3.05) is 6.54 Å². The Kier molecular flexibility index (Phi) is 8.29. The first-order chi connectivity index (χ1) is 17.6. The molecular weight excluding hydrogens is 501 g/mol. The first-order valence-electron chi connectivity index (χ1n) is 12.2. The number of nitrogens with one attached hydrogen (secondary N) is 2. The number of nitrogens with zero attached hydrogens (tertiary/aromatic N) is 4. The van der Waals surface area contributed by atoms with Crippen LogP contribution in [0, 0.1) is 28.6 Å². The lowest BCUT2D eigenvalue weighted by Gasteiger charge is -2.35. The quantitative estimate of drug-likeness (QED) is 0.588. The van der Waals surface area contributed by atoms with Gasteiger partial charge in [0, 0.05) is 29.9 Å². The molecule has 204 valence electrons. The van der Waals surface area contributed by atoms with Gasteiger partial charge >= 0.3 is 12.1 Å². The number of carbonyl (C=O) groups is 3. The number of nitriles is 1. The zero-order valence-corrected chi connectivity index (χ0v) is 21.8. The first kappa shape index (κ1) is 28.8. The van der Waals surface area contributed by atoms with E-state index in [4.69, 9.17) is 0 Å². The van der Waals surface area contributed by atoms with Gasteiger partial charge in [-0.2, -0.15) is 18.4 Å². The van der Waals surface area contributed by atoms with Gasteiger partial charge < -0.3 is 15.5 Å². The average molecular weight is 533 g/mol. The number of amides is 3. The molecule has 2 aromatic rings. The lowest BCUT2D eigenvalue weighted by molar-refractivity contribution is -0.176. The van der Waals surface area contributed by atoms with Gasteiger partial charge in [-0.05, 0) is 29.7 Å². The third-order valence-electron chi connectivity index (χ3n) is 6.79. The van der Waals surface area contributed by atoms with E-state index in [0.29, 0.717) is 16.5 Å². The highest BCUT2D eigenvalue weighted by Gasteiger charge is 2.48. The Morgan fingerprint density at radius 3 is 2.42 bits per heavy atom. The maximum Gasteiger partial charge on any atom is 0.471 e. The van der Waals surface area contributed by atoms with Crippen molar-refractivity contribution in [3.05, 3.63) is 36.3 Å². The number of rotatable bonds is 6. The summed E-state index contributed by atoms with van der Waals surface area (Å²) < 4.78 is 39.1. The molecule has 0 aliphatic carbocycles. The summed E-state index contributed by atoms with van der Waals surface area (Å²) in [7, 11) is 0. The van der Waals surface area contributed by atoms with Crippen molar-refractivity contribution < 1.29 is 27.6 Å². The number of halogens is 3. The summed E-state index contributed by atoms with van der Waals surface area (Å²) in [5, 5.41) is 15.0. The minimum Gasteiger partial charge on any atom is -0.336 e. The van der Waals surface area contributed by atoms with Crippen LogP contribution in [0.5, 0.6) is 0 Å². The SMILES string of the molecule is CC(C)[C@@H]1C[C@@H](C(=O)NC(C#N)c2cncc3ncccc23)N(C(=O)[C@@H](NC(=O)C(F)(F)F)C(C)(C)C)C1. The summed E-state index contributed by atoms with van der Waals surface area (Å²) in [4.78, 5) is 48.4. The molecule has 3 heterocycles. The number of likely N-dealkylation sites (tertiary alicyclic amines) is 1. The second kappa shape index (κ2) is 10.9. The van der Waals surface area contributed by atoms with Gasteiger partial charge in [0.05, 0.1) is 17.8 Å². The highest BCUT2D eigenvalue weighted by atomic mass is 19.4. The molecule has 9 nitrogen and oxygen atoms in total. The number of hydrogen-bond acceptors (Lipinski definition) is 6. The molecule has 2 aromatic heterocycles. The Morgan fingerprint density at radius 2 is 1.84 bits per heavy atom. The van der Waals surface area contributed by atoms with Gasteiger partial charge in [0.1, 0.15) is 18.1 Å². The van der Waals surface area contributed by atoms with Crippen LogP contribution >= 0.6 is 0 Å². The van der Waals surface area contributed by atoms with Crippen LogP contribution in [0.1, 0.15) is 52.6 Å². The zero-order valence-electron chi connectivity index (χ0n) is 21.8. The van der Waals surface area contributed by atoms with Gasteiger partial charge in [-0.1, -0.05) is 40.7 Å². The van der Waals surface area contributed by atoms with Gasteiger partial charge in [-0.3, -0.25) is 24.4 Å². The van der Waals surface area contributed by atoms with E-state index in [-0.39, 0.29) is 24.8 Å². The standard InChI is InChI=1S/C26H31F3N6O3/c1-14(2)15-9-20(35(13-15)23(37)21(25(3,4)5)34-24(38)26(27,28)29)22(36)33-18(10-30)17-11-31-12-19-16(17)7-6-8-32-19/h6-8,11-12,14-15,18,20-21H,9,13H2,1-5H3,(H,33,36)(H,34,38)/t15-,18?,20+,21-/m1/s1. The van der Waals surface area contributed by atoms with Crippen LogP contribution in [0.15, 0.2) is 30.7 Å². The maximum atomic E-state index is 13.6. The molecule has 0 saturated carbocycles. The monoisotopic (exact) mass is 532 g/mol. The van der Waals surface area contributed by atoms with Crippen molar-refractivity contribution in [3.8, 4) is 6.07 Å². The summed E-state index contributed by atoms with van der Waals surface area (Å²) >= 11 is 0. The molecule has 0 aromatic carbocycles. The Balaban J connectivity index is 1.92. The number of alkyl halides is 3. The summed E-state index contributed by atoms with van der Waals surface area (Å²) in [6, 6.07) is 1.80. The third-order valence-corrected chi connectivity index (χ3v) is 6.79. The summed E-state index contributed by atoms with van der Waals surface area (Å²) in [6.45, 7) is 8.57. The van der Waals surface area contributed by atoms with Gasteiger partial charge in [0.2, 0.25) is 11.8 Å². The second-order valence-corrected chi connectivity index (χ2v) is 10.9. The van der Waals surface area contributed by atoms with Crippen LogP contribution in [0.2, 0.25) is 0 Å². The average Bonchev–Trinajstić information content (AvgIpc) is 3.30. The third kappa shape index (κ3) is 6.20. The molecule has 4 atom stereocenters. The predicted octanol–water partition coefficient (Wildman–Crippen LogP) is 3.28. The molecule has 1 saturated heterocycles. The number of pyridine rings is 2. The van der Waals surface area contributed by atoms with Crippen LogP contribution in [-0.4, -0.2) is 57.4 Å². The van der Waals surface area contributed by atoms with Crippen molar-refractivity contribution in [1.29, 1.82) is 5.26 Å². The highest BCUT2D eigenvalue weighted by Crippen LogP contribution is 2.33. The highest BCUT2D eigenvalue weighted by molar-refractivity contribution is 5.94. The molecule has 0 spiro atoms. The Hall–Kier alpha value is -3.75. The second-order valence-electron chi connectivity index (χ2n) is 10.9. The number of hydrogen-bond donors (Lipinski definition) is 2. The van der Waals surface area contributed by atoms with Gasteiger partial charge in [0.25, 0.3) is 0 Å². The maximum absolute atomic E-state index is 13.6. The lowest BCUT2D eigenvalue weighted by atomic mass is 9.85. The molecular formula is C26H31F3N6O3. The van der Waals surface area contributed by atoms with E-state index in [1.807, 2.05) is 25.2 Å². The molecule has 0 radical (unpaired) electrons. The van der Waals surface area contributed by atoms with Gasteiger partial charge in [0.15, 0.2) is 0 Å². The molecule has 3 amide bonds. The Labute approximate surface area is 218 Å². The molecule has 3 rings (SSSR count). The van der Waals surface area contributed by atoms with Crippen LogP contribution in [0.25, 0.3) is 10.9 Å². The molecule has 1 unspecified atom stereocenters. The molecule has 1 aliphatic rings. The lowest BCUT2D eigenvalue weighted by Crippen LogP contribution is -2.59. The summed E-state index contributed by atoms with van der Waals surface area (Å²) in [5.74, 6) is -3.68. The number of fused-ring (bicyclic) bond motifs is 1.